The molecule has 0 aromatic carbocycles. The normalized spacial score (nSPS) is 10.2. The number of nitrogens with zero attached hydrogens (tertiary/aromatic N) is 4. The van der Waals surface area contributed by atoms with Gasteiger partial charge >= 0.3 is 0 Å². The van der Waals surface area contributed by atoms with Gasteiger partial charge < -0.3 is 5.73 Å². The molecule has 24 heavy (non-hydrogen) atoms. The zero-order valence-electron chi connectivity index (χ0n) is 12.9. The summed E-state index contributed by atoms with van der Waals surface area (Å²) in [6.45, 7) is 2.14. The average molecular weight is 546 g/mol. The summed E-state index contributed by atoms with van der Waals surface area (Å²) in [5.74, 6) is -0.0495. The van der Waals surface area contributed by atoms with E-state index in [9.17, 15) is 0 Å². The molecular weight excluding hydrogens is 530 g/mol. The minimum absolute atomic E-state index is 0.0495. The molecule has 0 aliphatic rings. The average Bonchev–Trinajstić information content (AvgIpc) is 3.05. The fourth-order valence-corrected chi connectivity index (χ4v) is 1.83. The van der Waals surface area contributed by atoms with Gasteiger partial charge in [0.15, 0.2) is 0 Å². The number of halogens is 2. The first-order chi connectivity index (χ1) is 11.5. The van der Waals surface area contributed by atoms with E-state index in [4.69, 9.17) is 11.1 Å². The molecule has 0 saturated carbocycles. The number of hydrogen-bond donors (Lipinski definition) is 2. The van der Waals surface area contributed by atoms with Crippen LogP contribution >= 0.6 is 45.2 Å². The number of alkyl halides is 2. The van der Waals surface area contributed by atoms with E-state index in [-0.39, 0.29) is 5.84 Å². The molecule has 0 radical (unpaired) electrons. The fourth-order valence-electron chi connectivity index (χ4n) is 1.83. The van der Waals surface area contributed by atoms with Crippen LogP contribution in [-0.4, -0.2) is 27.5 Å². The van der Waals surface area contributed by atoms with Crippen molar-refractivity contribution in [2.24, 2.45) is 5.73 Å². The highest BCUT2D eigenvalue weighted by Gasteiger charge is 2.06. The Morgan fingerprint density at radius 2 is 1.96 bits per heavy atom. The summed E-state index contributed by atoms with van der Waals surface area (Å²) in [6.07, 6.45) is 7.03. The molecule has 0 aliphatic carbocycles. The van der Waals surface area contributed by atoms with Crippen LogP contribution in [0.3, 0.4) is 0 Å². The first kappa shape index (κ1) is 18.8. The molecule has 0 amide bonds. The number of hydrogen-bond acceptors (Lipinski definition) is 4. The maximum absolute atomic E-state index is 7.42. The van der Waals surface area contributed by atoms with Gasteiger partial charge in [0.25, 0.3) is 0 Å². The van der Waals surface area contributed by atoms with Crippen LogP contribution in [0.25, 0.3) is 16.9 Å². The molecule has 0 atom stereocenters. The molecule has 3 N–H and O–H groups in total. The lowest BCUT2D eigenvalue weighted by molar-refractivity contribution is 0.874. The molecule has 0 spiro atoms. The lowest BCUT2D eigenvalue weighted by atomic mass is 10.2. The van der Waals surface area contributed by atoms with Crippen LogP contribution in [-0.2, 0) is 0 Å². The summed E-state index contributed by atoms with van der Waals surface area (Å²) in [7, 11) is 0. The third-order valence-corrected chi connectivity index (χ3v) is 2.81. The van der Waals surface area contributed by atoms with Crippen molar-refractivity contribution in [3.05, 3.63) is 60.8 Å². The minimum Gasteiger partial charge on any atom is -0.382 e. The van der Waals surface area contributed by atoms with Gasteiger partial charge in [-0.1, -0.05) is 51.2 Å². The molecule has 3 aromatic rings. The highest BCUT2D eigenvalue weighted by atomic mass is 127. The Morgan fingerprint density at radius 3 is 2.58 bits per heavy atom. The van der Waals surface area contributed by atoms with Gasteiger partial charge in [0.2, 0.25) is 0 Å². The number of pyridine rings is 2. The van der Waals surface area contributed by atoms with Crippen molar-refractivity contribution in [3.63, 3.8) is 0 Å². The summed E-state index contributed by atoms with van der Waals surface area (Å²) >= 11 is 4.66. The van der Waals surface area contributed by atoms with E-state index >= 15 is 0 Å². The summed E-state index contributed by atoms with van der Waals surface area (Å²) in [5.41, 5.74) is 8.37. The predicted octanol–water partition coefficient (Wildman–Crippen LogP) is 3.82. The molecular formula is C16H16I2N6. The highest BCUT2D eigenvalue weighted by Crippen LogP contribution is 2.18. The first-order valence-corrected chi connectivity index (χ1v) is 9.51. The summed E-state index contributed by atoms with van der Waals surface area (Å²) < 4.78 is 2.50. The molecule has 0 fully saturated rings. The van der Waals surface area contributed by atoms with Gasteiger partial charge in [-0.15, -0.1) is 0 Å². The second-order valence-corrected chi connectivity index (χ2v) is 10.8. The van der Waals surface area contributed by atoms with Crippen molar-refractivity contribution in [3.8, 4) is 16.9 Å². The van der Waals surface area contributed by atoms with E-state index in [1.165, 1.54) is 0 Å². The van der Waals surface area contributed by atoms with Gasteiger partial charge in [0, 0.05) is 18.0 Å². The molecule has 0 saturated heterocycles. The minimum atomic E-state index is -0.0495. The number of rotatable bonds is 3. The van der Waals surface area contributed by atoms with Crippen LogP contribution in [0.2, 0.25) is 0 Å². The van der Waals surface area contributed by atoms with Gasteiger partial charge in [0.1, 0.15) is 11.5 Å². The summed E-state index contributed by atoms with van der Waals surface area (Å²) in [6, 6.07) is 9.16. The Bertz CT molecular complexity index is 798. The maximum atomic E-state index is 7.42. The first-order valence-electron chi connectivity index (χ1n) is 7.02. The number of nitrogens with two attached hydrogens (primary N) is 1. The molecule has 0 unspecified atom stereocenters. The van der Waals surface area contributed by atoms with Crippen molar-refractivity contribution in [1.29, 1.82) is 5.41 Å². The van der Waals surface area contributed by atoms with Crippen LogP contribution in [0.15, 0.2) is 55.1 Å². The predicted molar refractivity (Wildman–Crippen MR) is 113 cm³/mol. The highest BCUT2D eigenvalue weighted by molar-refractivity contribution is 14.2. The van der Waals surface area contributed by atoms with E-state index in [2.05, 4.69) is 67.2 Å². The number of nitrogens with one attached hydrogen (secondary N) is 1. The standard InChI is InChI=1S/C14H12N6.C2H4I2/c15-14(16)13-5-1-4-12(19-13)10-7-18-20(9-10)11-3-2-6-17-8-11;1-2(3)4/h1-9H,(H3,15,16);2H,1H3. The van der Waals surface area contributed by atoms with E-state index in [1.54, 1.807) is 29.3 Å². The van der Waals surface area contributed by atoms with Crippen molar-refractivity contribution in [2.75, 3.05) is 0 Å². The number of nitrogen functional groups attached to an aromatic ring is 1. The van der Waals surface area contributed by atoms with Crippen molar-refractivity contribution in [2.45, 2.75) is 8.86 Å². The Balaban J connectivity index is 0.000000471. The summed E-state index contributed by atoms with van der Waals surface area (Å²) in [5, 5.41) is 11.7. The summed E-state index contributed by atoms with van der Waals surface area (Å²) in [4.78, 5) is 8.39. The lowest BCUT2D eigenvalue weighted by Crippen LogP contribution is -2.13. The molecule has 0 aliphatic heterocycles. The molecule has 3 aromatic heterocycles. The SMILES string of the molecule is CC(I)I.N=C(N)c1cccc(-c2cnn(-c3cccnc3)c2)n1. The second kappa shape index (κ2) is 9.06. The van der Waals surface area contributed by atoms with Crippen LogP contribution in [0, 0.1) is 5.41 Å². The van der Waals surface area contributed by atoms with E-state index < -0.39 is 0 Å². The zero-order chi connectivity index (χ0) is 17.5. The van der Waals surface area contributed by atoms with Crippen molar-refractivity contribution in [1.82, 2.24) is 19.7 Å². The number of amidine groups is 1. The van der Waals surface area contributed by atoms with Gasteiger partial charge in [-0.05, 0) is 31.2 Å². The Labute approximate surface area is 167 Å². The Morgan fingerprint density at radius 1 is 1.21 bits per heavy atom. The largest absolute Gasteiger partial charge is 0.382 e. The van der Waals surface area contributed by atoms with Crippen LogP contribution in [0.5, 0.6) is 0 Å². The van der Waals surface area contributed by atoms with Crippen LogP contribution < -0.4 is 5.73 Å². The fraction of sp³-hybridized carbons (Fsp3) is 0.125. The third-order valence-electron chi connectivity index (χ3n) is 2.81. The zero-order valence-corrected chi connectivity index (χ0v) is 17.2. The van der Waals surface area contributed by atoms with Gasteiger partial charge in [-0.25, -0.2) is 9.67 Å². The number of aromatic nitrogens is 4. The van der Waals surface area contributed by atoms with Crippen molar-refractivity contribution < 1.29 is 0 Å². The lowest BCUT2D eigenvalue weighted by Gasteiger charge is -2.01. The van der Waals surface area contributed by atoms with Gasteiger partial charge in [-0.2, -0.15) is 5.10 Å². The maximum Gasteiger partial charge on any atom is 0.141 e. The molecule has 3 rings (SSSR count). The quantitative estimate of drug-likeness (QED) is 0.226. The smallest absolute Gasteiger partial charge is 0.141 e. The molecule has 124 valence electrons. The van der Waals surface area contributed by atoms with Crippen LogP contribution in [0.4, 0.5) is 0 Å². The molecule has 3 heterocycles. The van der Waals surface area contributed by atoms with Crippen molar-refractivity contribution >= 4 is 51.0 Å². The molecule has 0 bridgehead atoms. The van der Waals surface area contributed by atoms with E-state index in [1.807, 2.05) is 30.5 Å². The van der Waals surface area contributed by atoms with E-state index in [0.717, 1.165) is 18.9 Å². The van der Waals surface area contributed by atoms with Gasteiger partial charge in [-0.3, -0.25) is 10.4 Å². The molecule has 6 nitrogen and oxygen atoms in total. The Hall–Kier alpha value is -1.56. The van der Waals surface area contributed by atoms with E-state index in [0.29, 0.717) is 5.69 Å². The Kier molecular flexibility index (Phi) is 7.09. The third kappa shape index (κ3) is 5.51. The molecule has 8 heteroatoms. The second-order valence-electron chi connectivity index (χ2n) is 4.73. The van der Waals surface area contributed by atoms with Crippen LogP contribution in [0.1, 0.15) is 12.6 Å². The topological polar surface area (TPSA) is 93.5 Å². The monoisotopic (exact) mass is 546 g/mol. The van der Waals surface area contributed by atoms with Gasteiger partial charge in [0.05, 0.1) is 25.7 Å².